The Morgan fingerprint density at radius 1 is 1.04 bits per heavy atom. The van der Waals surface area contributed by atoms with Gasteiger partial charge in [-0.1, -0.05) is 30.3 Å². The van der Waals surface area contributed by atoms with Crippen LogP contribution >= 0.6 is 0 Å². The summed E-state index contributed by atoms with van der Waals surface area (Å²) < 4.78 is 38.1. The van der Waals surface area contributed by atoms with Crippen LogP contribution in [0.4, 0.5) is 14.6 Å². The molecule has 2 atom stereocenters. The number of hydrogen-bond acceptors (Lipinski definition) is 9. The Hall–Kier alpha value is -5.74. The molecular weight excluding hydrogens is 642 g/mol. The molecule has 0 aliphatic carbocycles. The number of phenols is 1. The number of hydrogen-bond donors (Lipinski definition) is 1. The molecule has 254 valence electrons. The lowest BCUT2D eigenvalue weighted by atomic mass is 9.96. The number of aromatic nitrogens is 4. The predicted octanol–water partition coefficient (Wildman–Crippen LogP) is 5.50. The number of likely N-dealkylation sites (N-methyl/N-ethyl adjacent to an activating group) is 1. The molecule has 2 fully saturated rings. The number of piperazine rings is 1. The van der Waals surface area contributed by atoms with Crippen LogP contribution in [0.3, 0.4) is 0 Å². The van der Waals surface area contributed by atoms with E-state index in [0.717, 1.165) is 36.2 Å². The van der Waals surface area contributed by atoms with Gasteiger partial charge in [-0.15, -0.1) is 0 Å². The normalized spacial score (nSPS) is 18.5. The van der Waals surface area contributed by atoms with Crippen LogP contribution in [0, 0.1) is 12.4 Å². The maximum absolute atomic E-state index is 16.8. The molecule has 1 amide bonds. The lowest BCUT2D eigenvalue weighted by molar-refractivity contribution is -0.130. The molecular formula is C37H34F2N8O3. The fourth-order valence-electron chi connectivity index (χ4n) is 6.79. The standard InChI is InChI=1S/C37H34F2N8O3/c1-40-20-25-21-46(15-16-47(25)36(49)31(38)19-32-41-12-6-13-42-32)35-29-11-10-28(30-18-26(48)17-23-7-3-4-9-27(23)30)33(39)34(29)43-37(44-35)50-22-24-8-5-14-45(24)2/h3-4,6-7,9-13,17-19,24-25,48H,5,8,14-16,20-22H2,2H3/b31-19-/t24-,25-/m0/s1. The second kappa shape index (κ2) is 14.0. The number of anilines is 1. The maximum Gasteiger partial charge on any atom is 0.319 e. The first-order valence-corrected chi connectivity index (χ1v) is 16.4. The SMILES string of the molecule is [C-]#[N+]C[C@H]1CN(c2nc(OC[C@@H]3CCCN3C)nc3c(F)c(-c4cc(O)cc5ccccc45)ccc23)CCN1C(=O)/C(F)=C/c1ncccn1. The third kappa shape index (κ3) is 6.49. The zero-order chi connectivity index (χ0) is 34.8. The lowest BCUT2D eigenvalue weighted by Crippen LogP contribution is -2.56. The number of ether oxygens (including phenoxy) is 1. The molecule has 2 aromatic heterocycles. The number of halogens is 2. The molecule has 50 heavy (non-hydrogen) atoms. The highest BCUT2D eigenvalue weighted by Gasteiger charge is 2.36. The van der Waals surface area contributed by atoms with E-state index in [1.807, 2.05) is 36.2 Å². The average molecular weight is 677 g/mol. The molecule has 5 aromatic rings. The van der Waals surface area contributed by atoms with Crippen molar-refractivity contribution >= 4 is 39.5 Å². The van der Waals surface area contributed by atoms with Gasteiger partial charge in [0.2, 0.25) is 6.54 Å². The van der Waals surface area contributed by atoms with E-state index in [4.69, 9.17) is 16.3 Å². The van der Waals surface area contributed by atoms with Gasteiger partial charge in [-0.25, -0.2) is 25.3 Å². The minimum atomic E-state index is -1.03. The van der Waals surface area contributed by atoms with Gasteiger partial charge < -0.3 is 29.4 Å². The largest absolute Gasteiger partial charge is 0.508 e. The van der Waals surface area contributed by atoms with E-state index in [0.29, 0.717) is 23.4 Å². The summed E-state index contributed by atoms with van der Waals surface area (Å²) in [5, 5.41) is 12.4. The van der Waals surface area contributed by atoms with E-state index in [2.05, 4.69) is 24.7 Å². The van der Waals surface area contributed by atoms with Crippen LogP contribution in [0.5, 0.6) is 11.8 Å². The molecule has 2 aliphatic rings. The van der Waals surface area contributed by atoms with E-state index < -0.39 is 23.6 Å². The summed E-state index contributed by atoms with van der Waals surface area (Å²) in [5.74, 6) is -2.06. The second-order valence-electron chi connectivity index (χ2n) is 12.5. The summed E-state index contributed by atoms with van der Waals surface area (Å²) in [6.45, 7) is 9.21. The third-order valence-corrected chi connectivity index (χ3v) is 9.37. The Bertz CT molecular complexity index is 2140. The van der Waals surface area contributed by atoms with E-state index in [-0.39, 0.29) is 60.9 Å². The van der Waals surface area contributed by atoms with Crippen LogP contribution in [-0.2, 0) is 4.79 Å². The highest BCUT2D eigenvalue weighted by atomic mass is 19.1. The molecule has 2 aliphatic heterocycles. The van der Waals surface area contributed by atoms with Crippen LogP contribution < -0.4 is 9.64 Å². The fraction of sp³-hybridized carbons (Fsp3) is 0.297. The van der Waals surface area contributed by atoms with Gasteiger partial charge in [0.25, 0.3) is 5.91 Å². The van der Waals surface area contributed by atoms with E-state index in [9.17, 15) is 9.90 Å². The first kappa shape index (κ1) is 32.8. The van der Waals surface area contributed by atoms with Crippen molar-refractivity contribution in [3.63, 3.8) is 0 Å². The Kier molecular flexibility index (Phi) is 9.19. The van der Waals surface area contributed by atoms with Gasteiger partial charge >= 0.3 is 6.01 Å². The number of rotatable bonds is 8. The lowest BCUT2D eigenvalue weighted by Gasteiger charge is -2.39. The van der Waals surface area contributed by atoms with Crippen molar-refractivity contribution in [2.24, 2.45) is 0 Å². The number of likely N-dealkylation sites (tertiary alicyclic amines) is 1. The average Bonchev–Trinajstić information content (AvgIpc) is 3.54. The zero-order valence-electron chi connectivity index (χ0n) is 27.3. The Balaban J connectivity index is 1.27. The number of nitrogens with zero attached hydrogens (tertiary/aromatic N) is 8. The van der Waals surface area contributed by atoms with Crippen LogP contribution in [0.2, 0.25) is 0 Å². The molecule has 1 N–H and O–H groups in total. The summed E-state index contributed by atoms with van der Waals surface area (Å²) in [6, 6.07) is 15.0. The predicted molar refractivity (Wildman–Crippen MR) is 186 cm³/mol. The maximum atomic E-state index is 16.8. The molecule has 7 rings (SSSR count). The monoisotopic (exact) mass is 676 g/mol. The van der Waals surface area contributed by atoms with Crippen molar-refractivity contribution in [2.75, 3.05) is 51.3 Å². The summed E-state index contributed by atoms with van der Waals surface area (Å²) >= 11 is 0. The number of benzene rings is 3. The second-order valence-corrected chi connectivity index (χ2v) is 12.5. The molecule has 13 heteroatoms. The van der Waals surface area contributed by atoms with Crippen molar-refractivity contribution < 1.29 is 23.4 Å². The van der Waals surface area contributed by atoms with E-state index >= 15 is 8.78 Å². The third-order valence-electron chi connectivity index (χ3n) is 9.37. The van der Waals surface area contributed by atoms with Crippen molar-refractivity contribution in [1.29, 1.82) is 0 Å². The number of phenolic OH excluding ortho intramolecular Hbond substituents is 1. The topological polar surface area (TPSA) is 112 Å². The van der Waals surface area contributed by atoms with Crippen LogP contribution in [0.15, 0.2) is 72.8 Å². The van der Waals surface area contributed by atoms with Gasteiger partial charge in [-0.3, -0.25) is 4.79 Å². The zero-order valence-corrected chi connectivity index (χ0v) is 27.3. The fourth-order valence-corrected chi connectivity index (χ4v) is 6.79. The van der Waals surface area contributed by atoms with Crippen molar-refractivity contribution in [3.8, 4) is 22.9 Å². The summed E-state index contributed by atoms with van der Waals surface area (Å²) in [7, 11) is 2.03. The first-order valence-electron chi connectivity index (χ1n) is 16.4. The Labute approximate surface area is 287 Å². The van der Waals surface area contributed by atoms with Crippen molar-refractivity contribution in [3.05, 3.63) is 95.9 Å². The highest BCUT2D eigenvalue weighted by molar-refractivity contribution is 6.01. The van der Waals surface area contributed by atoms with Crippen LogP contribution in [-0.4, -0.2) is 99.2 Å². The van der Waals surface area contributed by atoms with Gasteiger partial charge in [-0.2, -0.15) is 9.97 Å². The van der Waals surface area contributed by atoms with Gasteiger partial charge in [0, 0.05) is 55.1 Å². The Morgan fingerprint density at radius 3 is 2.64 bits per heavy atom. The molecule has 0 bridgehead atoms. The molecule has 4 heterocycles. The van der Waals surface area contributed by atoms with Gasteiger partial charge in [0.05, 0.1) is 0 Å². The summed E-state index contributed by atoms with van der Waals surface area (Å²) in [6.07, 6.45) is 5.87. The van der Waals surface area contributed by atoms with Gasteiger partial charge in [0.15, 0.2) is 17.5 Å². The molecule has 0 spiro atoms. The minimum absolute atomic E-state index is 0.00157. The van der Waals surface area contributed by atoms with Crippen LogP contribution in [0.1, 0.15) is 18.7 Å². The number of aromatic hydroxyl groups is 1. The van der Waals surface area contributed by atoms with E-state index in [1.54, 1.807) is 24.3 Å². The van der Waals surface area contributed by atoms with Crippen LogP contribution in [0.25, 0.3) is 43.7 Å². The minimum Gasteiger partial charge on any atom is -0.508 e. The number of carbonyl (C=O) groups is 1. The number of carbonyl (C=O) groups excluding carboxylic acids is 1. The molecule has 0 radical (unpaired) electrons. The highest BCUT2D eigenvalue weighted by Crippen LogP contribution is 2.38. The number of amides is 1. The molecule has 3 aromatic carbocycles. The smallest absolute Gasteiger partial charge is 0.319 e. The molecule has 0 saturated carbocycles. The van der Waals surface area contributed by atoms with E-state index in [1.165, 1.54) is 23.4 Å². The molecule has 2 saturated heterocycles. The van der Waals surface area contributed by atoms with Gasteiger partial charge in [-0.05, 0) is 67.0 Å². The molecule has 11 nitrogen and oxygen atoms in total. The number of fused-ring (bicyclic) bond motifs is 2. The quantitative estimate of drug-likeness (QED) is 0.168. The summed E-state index contributed by atoms with van der Waals surface area (Å²) in [5.41, 5.74) is 0.795. The van der Waals surface area contributed by atoms with Gasteiger partial charge in [0.1, 0.15) is 29.7 Å². The first-order chi connectivity index (χ1) is 24.3. The molecule has 0 unspecified atom stereocenters. The summed E-state index contributed by atoms with van der Waals surface area (Å²) in [4.78, 5) is 39.4. The van der Waals surface area contributed by atoms with Crippen molar-refractivity contribution in [1.82, 2.24) is 29.7 Å². The Morgan fingerprint density at radius 2 is 1.86 bits per heavy atom. The van der Waals surface area contributed by atoms with Crippen molar-refractivity contribution in [2.45, 2.75) is 24.9 Å².